The Morgan fingerprint density at radius 1 is 1.03 bits per heavy atom. The van der Waals surface area contributed by atoms with Gasteiger partial charge in [0.1, 0.15) is 12.4 Å². The Morgan fingerprint density at radius 2 is 1.75 bits per heavy atom. The van der Waals surface area contributed by atoms with Crippen LogP contribution in [0.2, 0.25) is 0 Å². The van der Waals surface area contributed by atoms with Gasteiger partial charge in [0.25, 0.3) is 0 Å². The van der Waals surface area contributed by atoms with Gasteiger partial charge in [-0.25, -0.2) is 4.98 Å². The van der Waals surface area contributed by atoms with E-state index < -0.39 is 11.7 Å². The van der Waals surface area contributed by atoms with Crippen molar-refractivity contribution in [1.29, 1.82) is 0 Å². The topological polar surface area (TPSA) is 55.7 Å². The highest BCUT2D eigenvalue weighted by molar-refractivity contribution is 9.10. The molecule has 1 N–H and O–H groups in total. The Hall–Kier alpha value is -2.59. The summed E-state index contributed by atoms with van der Waals surface area (Å²) < 4.78 is 51.2. The lowest BCUT2D eigenvalue weighted by molar-refractivity contribution is -0.137. The largest absolute Gasteiger partial charge is 0.490 e. The van der Waals surface area contributed by atoms with Crippen LogP contribution in [-0.2, 0) is 12.8 Å². The first-order valence-corrected chi connectivity index (χ1v) is 11.0. The number of pyridine rings is 1. The van der Waals surface area contributed by atoms with Crippen LogP contribution in [0.5, 0.6) is 11.5 Å². The number of hydrogen-bond acceptors (Lipinski definition) is 5. The van der Waals surface area contributed by atoms with Crippen LogP contribution in [0.4, 0.5) is 19.0 Å². The van der Waals surface area contributed by atoms with Crippen molar-refractivity contribution in [3.63, 3.8) is 0 Å². The lowest BCUT2D eigenvalue weighted by atomic mass is 10.2. The Balaban J connectivity index is 1.71. The summed E-state index contributed by atoms with van der Waals surface area (Å²) in [5.74, 6) is 1.29. The first-order valence-electron chi connectivity index (χ1n) is 9.42. The molecule has 10 heteroatoms. The highest BCUT2D eigenvalue weighted by Gasteiger charge is 2.30. The van der Waals surface area contributed by atoms with Gasteiger partial charge in [-0.1, -0.05) is 28.1 Å². The monoisotopic (exact) mass is 571 g/mol. The molecule has 168 valence electrons. The highest BCUT2D eigenvalue weighted by atomic mass is 79.9. The Morgan fingerprint density at radius 3 is 2.38 bits per heavy atom. The van der Waals surface area contributed by atoms with Gasteiger partial charge in [0.15, 0.2) is 11.5 Å². The molecule has 0 unspecified atom stereocenters. The maximum absolute atomic E-state index is 12.6. The van der Waals surface area contributed by atoms with E-state index in [2.05, 4.69) is 47.4 Å². The summed E-state index contributed by atoms with van der Waals surface area (Å²) in [7, 11) is 0. The van der Waals surface area contributed by atoms with Gasteiger partial charge in [0.05, 0.1) is 18.4 Å². The van der Waals surface area contributed by atoms with Crippen molar-refractivity contribution in [2.24, 2.45) is 5.10 Å². The SMILES string of the molecule is CCOc1cc(/C=N\Nc2ccc(C(F)(F)F)cn2)c(Br)cc1OCc1ccc(Br)cc1. The quantitative estimate of drug-likeness (QED) is 0.232. The second-order valence-electron chi connectivity index (χ2n) is 6.47. The lowest BCUT2D eigenvalue weighted by Gasteiger charge is -2.14. The highest BCUT2D eigenvalue weighted by Crippen LogP contribution is 2.34. The number of anilines is 1. The van der Waals surface area contributed by atoms with Crippen molar-refractivity contribution in [1.82, 2.24) is 4.98 Å². The summed E-state index contributed by atoms with van der Waals surface area (Å²) in [6.07, 6.45) is -2.18. The van der Waals surface area contributed by atoms with Gasteiger partial charge in [-0.3, -0.25) is 5.43 Å². The molecule has 0 atom stereocenters. The van der Waals surface area contributed by atoms with Crippen molar-refractivity contribution in [3.8, 4) is 11.5 Å². The molecule has 0 radical (unpaired) electrons. The van der Waals surface area contributed by atoms with E-state index in [1.807, 2.05) is 31.2 Å². The number of halogens is 5. The number of benzene rings is 2. The van der Waals surface area contributed by atoms with E-state index in [0.717, 1.165) is 22.3 Å². The van der Waals surface area contributed by atoms with E-state index in [-0.39, 0.29) is 5.82 Å². The van der Waals surface area contributed by atoms with E-state index in [9.17, 15) is 13.2 Å². The van der Waals surface area contributed by atoms with Gasteiger partial charge in [0, 0.05) is 20.7 Å². The molecule has 2 aromatic carbocycles. The van der Waals surface area contributed by atoms with Crippen molar-refractivity contribution in [2.75, 3.05) is 12.0 Å². The fourth-order valence-electron chi connectivity index (χ4n) is 2.57. The number of aromatic nitrogens is 1. The summed E-state index contributed by atoms with van der Waals surface area (Å²) >= 11 is 6.89. The fourth-order valence-corrected chi connectivity index (χ4v) is 3.26. The van der Waals surface area contributed by atoms with Crippen LogP contribution in [0.1, 0.15) is 23.6 Å². The molecule has 1 aromatic heterocycles. The van der Waals surface area contributed by atoms with Gasteiger partial charge in [-0.2, -0.15) is 18.3 Å². The van der Waals surface area contributed by atoms with Gasteiger partial charge in [-0.15, -0.1) is 0 Å². The zero-order valence-corrected chi connectivity index (χ0v) is 20.0. The minimum absolute atomic E-state index is 0.185. The number of hydrazone groups is 1. The molecule has 0 bridgehead atoms. The molecule has 0 spiro atoms. The summed E-state index contributed by atoms with van der Waals surface area (Å²) in [6.45, 7) is 2.68. The molecule has 0 saturated carbocycles. The standard InChI is InChI=1S/C22H18Br2F3N3O2/c1-2-31-19-9-15(11-29-30-21-8-5-16(12-28-21)22(25,26)27)18(24)10-20(19)32-13-14-3-6-17(23)7-4-14/h3-12H,2,13H2,1H3,(H,28,30)/b29-11-. The molecule has 0 fully saturated rings. The van der Waals surface area contributed by atoms with Gasteiger partial charge in [0.2, 0.25) is 0 Å². The zero-order valence-electron chi connectivity index (χ0n) is 16.8. The minimum Gasteiger partial charge on any atom is -0.490 e. The molecular formula is C22H18Br2F3N3O2. The van der Waals surface area contributed by atoms with Crippen LogP contribution in [0.15, 0.2) is 68.8 Å². The van der Waals surface area contributed by atoms with E-state index in [4.69, 9.17) is 9.47 Å². The van der Waals surface area contributed by atoms with Gasteiger partial charge < -0.3 is 9.47 Å². The molecule has 1 heterocycles. The Kier molecular flexibility index (Phi) is 8.14. The van der Waals surface area contributed by atoms with Crippen LogP contribution in [0.25, 0.3) is 0 Å². The molecule has 0 aliphatic heterocycles. The predicted octanol–water partition coefficient (Wildman–Crippen LogP) is 7.05. The summed E-state index contributed by atoms with van der Waals surface area (Å²) in [4.78, 5) is 3.71. The van der Waals surface area contributed by atoms with Gasteiger partial charge in [-0.05, 0) is 64.8 Å². The number of ether oxygens (including phenoxy) is 2. The normalized spacial score (nSPS) is 11.6. The average molecular weight is 573 g/mol. The summed E-state index contributed by atoms with van der Waals surface area (Å²) in [5.41, 5.74) is 3.48. The van der Waals surface area contributed by atoms with Gasteiger partial charge >= 0.3 is 6.18 Å². The average Bonchev–Trinajstić information content (AvgIpc) is 2.75. The smallest absolute Gasteiger partial charge is 0.417 e. The predicted molar refractivity (Wildman–Crippen MR) is 124 cm³/mol. The number of nitrogens with zero attached hydrogens (tertiary/aromatic N) is 2. The third kappa shape index (κ3) is 6.70. The third-order valence-corrected chi connectivity index (χ3v) is 5.36. The summed E-state index contributed by atoms with van der Waals surface area (Å²) in [6, 6.07) is 13.5. The molecular weight excluding hydrogens is 555 g/mol. The molecule has 0 amide bonds. The Bertz CT molecular complexity index is 1070. The second-order valence-corrected chi connectivity index (χ2v) is 8.24. The number of rotatable bonds is 8. The number of alkyl halides is 3. The first kappa shape index (κ1) is 24.1. The van der Waals surface area contributed by atoms with E-state index >= 15 is 0 Å². The van der Waals surface area contributed by atoms with E-state index in [1.54, 1.807) is 12.1 Å². The van der Waals surface area contributed by atoms with Crippen LogP contribution < -0.4 is 14.9 Å². The lowest BCUT2D eigenvalue weighted by Crippen LogP contribution is -2.05. The second kappa shape index (κ2) is 10.8. The fraction of sp³-hybridized carbons (Fsp3) is 0.182. The van der Waals surface area contributed by atoms with Crippen molar-refractivity contribution in [2.45, 2.75) is 19.7 Å². The maximum atomic E-state index is 12.6. The zero-order chi connectivity index (χ0) is 23.1. The van der Waals surface area contributed by atoms with Crippen molar-refractivity contribution < 1.29 is 22.6 Å². The van der Waals surface area contributed by atoms with Crippen molar-refractivity contribution in [3.05, 3.63) is 80.4 Å². The maximum Gasteiger partial charge on any atom is 0.417 e. The molecule has 0 aliphatic rings. The first-order chi connectivity index (χ1) is 15.3. The summed E-state index contributed by atoms with van der Waals surface area (Å²) in [5, 5.41) is 4.05. The number of nitrogens with one attached hydrogen (secondary N) is 1. The van der Waals surface area contributed by atoms with Crippen LogP contribution in [-0.4, -0.2) is 17.8 Å². The molecule has 3 rings (SSSR count). The van der Waals surface area contributed by atoms with Crippen LogP contribution >= 0.6 is 31.9 Å². The molecule has 32 heavy (non-hydrogen) atoms. The van der Waals surface area contributed by atoms with Crippen LogP contribution in [0, 0.1) is 0 Å². The van der Waals surface area contributed by atoms with E-state index in [0.29, 0.717) is 34.7 Å². The molecule has 0 saturated heterocycles. The molecule has 3 aromatic rings. The Labute approximate surface area is 199 Å². The molecule has 5 nitrogen and oxygen atoms in total. The third-order valence-electron chi connectivity index (χ3n) is 4.14. The van der Waals surface area contributed by atoms with Crippen LogP contribution in [0.3, 0.4) is 0 Å². The van der Waals surface area contributed by atoms with E-state index in [1.165, 1.54) is 12.3 Å². The van der Waals surface area contributed by atoms with Crippen molar-refractivity contribution >= 4 is 43.9 Å². The minimum atomic E-state index is -4.43. The number of hydrogen-bond donors (Lipinski definition) is 1. The molecule has 0 aliphatic carbocycles.